The van der Waals surface area contributed by atoms with Crippen molar-refractivity contribution in [2.75, 3.05) is 26.9 Å². The Kier molecular flexibility index (Phi) is 8.22. The highest BCUT2D eigenvalue weighted by Crippen LogP contribution is 2.29. The van der Waals surface area contributed by atoms with Crippen LogP contribution in [0.2, 0.25) is 0 Å². The minimum atomic E-state index is -0.819. The van der Waals surface area contributed by atoms with Gasteiger partial charge in [-0.1, -0.05) is 12.1 Å². The first-order valence-corrected chi connectivity index (χ1v) is 10.4. The monoisotopic (exact) mass is 468 g/mol. The maximum atomic E-state index is 12.7. The van der Waals surface area contributed by atoms with Gasteiger partial charge >= 0.3 is 18.0 Å². The normalized spacial score (nSPS) is 15.0. The quantitative estimate of drug-likeness (QED) is 0.401. The molecule has 10 nitrogen and oxygen atoms in total. The van der Waals surface area contributed by atoms with Gasteiger partial charge in [0.2, 0.25) is 0 Å². The maximum Gasteiger partial charge on any atom is 0.344 e. The van der Waals surface area contributed by atoms with Crippen molar-refractivity contribution in [2.24, 2.45) is 0 Å². The number of carbonyl (C=O) groups excluding carboxylic acids is 4. The van der Waals surface area contributed by atoms with Crippen molar-refractivity contribution in [3.8, 4) is 11.5 Å². The van der Waals surface area contributed by atoms with Gasteiger partial charge < -0.3 is 29.6 Å². The first-order chi connectivity index (χ1) is 16.4. The fourth-order valence-corrected chi connectivity index (χ4v) is 3.21. The van der Waals surface area contributed by atoms with Crippen LogP contribution >= 0.6 is 0 Å². The number of nitrogens with one attached hydrogen (secondary N) is 2. The Morgan fingerprint density at radius 1 is 1.00 bits per heavy atom. The molecule has 0 saturated carbocycles. The summed E-state index contributed by atoms with van der Waals surface area (Å²) < 4.78 is 20.9. The lowest BCUT2D eigenvalue weighted by molar-refractivity contribution is -0.145. The second kappa shape index (κ2) is 11.5. The number of hydrogen-bond donors (Lipinski definition) is 2. The van der Waals surface area contributed by atoms with Crippen LogP contribution in [0.5, 0.6) is 11.5 Å². The van der Waals surface area contributed by atoms with E-state index in [1.165, 1.54) is 7.11 Å². The number of aldehydes is 1. The zero-order chi connectivity index (χ0) is 24.5. The molecule has 1 aliphatic heterocycles. The number of ether oxygens (including phenoxy) is 4. The molecule has 0 radical (unpaired) electrons. The molecule has 2 aromatic carbocycles. The fraction of sp³-hybridized carbons (Fsp3) is 0.250. The Hall–Kier alpha value is -4.34. The number of rotatable bonds is 10. The van der Waals surface area contributed by atoms with Gasteiger partial charge in [-0.15, -0.1) is 0 Å². The van der Waals surface area contributed by atoms with E-state index in [9.17, 15) is 19.2 Å². The Bertz CT molecular complexity index is 1080. The van der Waals surface area contributed by atoms with Crippen molar-refractivity contribution < 1.29 is 38.1 Å². The summed E-state index contributed by atoms with van der Waals surface area (Å²) in [7, 11) is 1.53. The summed E-state index contributed by atoms with van der Waals surface area (Å²) in [4.78, 5) is 47.9. The number of methoxy groups -OCH3 is 1. The summed E-state index contributed by atoms with van der Waals surface area (Å²) in [5, 5.41) is 5.22. The van der Waals surface area contributed by atoms with Crippen molar-refractivity contribution >= 4 is 24.3 Å². The Balaban J connectivity index is 1.75. The Labute approximate surface area is 195 Å². The number of esters is 2. The van der Waals surface area contributed by atoms with Gasteiger partial charge in [-0.25, -0.2) is 14.4 Å². The highest BCUT2D eigenvalue weighted by molar-refractivity contribution is 5.95. The number of carbonyl (C=O) groups is 4. The van der Waals surface area contributed by atoms with Crippen LogP contribution in [0.4, 0.5) is 4.79 Å². The molecule has 10 heteroatoms. The van der Waals surface area contributed by atoms with E-state index >= 15 is 0 Å². The van der Waals surface area contributed by atoms with Crippen LogP contribution in [0.3, 0.4) is 0 Å². The lowest BCUT2D eigenvalue weighted by Crippen LogP contribution is -2.47. The van der Waals surface area contributed by atoms with Gasteiger partial charge in [-0.05, 0) is 48.9 Å². The first kappa shape index (κ1) is 24.3. The minimum absolute atomic E-state index is 0.103. The van der Waals surface area contributed by atoms with Gasteiger partial charge in [0.1, 0.15) is 24.4 Å². The van der Waals surface area contributed by atoms with E-state index in [4.69, 9.17) is 18.9 Å². The summed E-state index contributed by atoms with van der Waals surface area (Å²) in [5.74, 6) is -0.387. The standard InChI is InChI=1S/C24H24N2O8/c1-3-32-23(29)21-19(13-34-20(28)14-33-18-8-4-15(12-27)5-9-18)25-24(30)26-22(21)16-6-10-17(31-2)11-7-16/h4-12,22H,3,13-14H2,1-2H3,(H2,25,26,30). The van der Waals surface area contributed by atoms with E-state index in [1.807, 2.05) is 0 Å². The van der Waals surface area contributed by atoms with E-state index in [0.29, 0.717) is 28.9 Å². The van der Waals surface area contributed by atoms with Gasteiger partial charge in [0.05, 0.1) is 31.0 Å². The molecule has 1 atom stereocenters. The molecular formula is C24H24N2O8. The number of urea groups is 1. The summed E-state index contributed by atoms with van der Waals surface area (Å²) in [6, 6.07) is 11.6. The zero-order valence-electron chi connectivity index (χ0n) is 18.7. The summed E-state index contributed by atoms with van der Waals surface area (Å²) in [6.45, 7) is 1.00. The lowest BCUT2D eigenvalue weighted by atomic mass is 9.95. The largest absolute Gasteiger partial charge is 0.497 e. The van der Waals surface area contributed by atoms with E-state index in [2.05, 4.69) is 10.6 Å². The highest BCUT2D eigenvalue weighted by atomic mass is 16.6. The van der Waals surface area contributed by atoms with Gasteiger partial charge in [0.15, 0.2) is 6.61 Å². The van der Waals surface area contributed by atoms with Crippen LogP contribution in [0.25, 0.3) is 0 Å². The Morgan fingerprint density at radius 3 is 2.29 bits per heavy atom. The van der Waals surface area contributed by atoms with Gasteiger partial charge in [0, 0.05) is 5.56 Å². The van der Waals surface area contributed by atoms with Gasteiger partial charge in [-0.3, -0.25) is 4.79 Å². The SMILES string of the molecule is CCOC(=O)C1=C(COC(=O)COc2ccc(C=O)cc2)NC(=O)NC1c1ccc(OC)cc1. The highest BCUT2D eigenvalue weighted by Gasteiger charge is 2.34. The average molecular weight is 468 g/mol. The number of benzene rings is 2. The fourth-order valence-electron chi connectivity index (χ4n) is 3.21. The molecule has 1 aliphatic rings. The average Bonchev–Trinajstić information content (AvgIpc) is 2.86. The van der Waals surface area contributed by atoms with Crippen molar-refractivity contribution in [3.63, 3.8) is 0 Å². The Morgan fingerprint density at radius 2 is 1.68 bits per heavy atom. The van der Waals surface area contributed by atoms with Crippen LogP contribution in [0.15, 0.2) is 59.8 Å². The third-order valence-electron chi connectivity index (χ3n) is 4.85. The minimum Gasteiger partial charge on any atom is -0.497 e. The van der Waals surface area contributed by atoms with Crippen molar-refractivity contribution in [3.05, 3.63) is 70.9 Å². The van der Waals surface area contributed by atoms with E-state index in [0.717, 1.165) is 0 Å². The summed E-state index contributed by atoms with van der Waals surface area (Å²) >= 11 is 0. The van der Waals surface area contributed by atoms with Crippen LogP contribution in [-0.4, -0.2) is 51.2 Å². The third kappa shape index (κ3) is 6.12. The number of amides is 2. The molecule has 0 aromatic heterocycles. The second-order valence-corrected chi connectivity index (χ2v) is 7.05. The molecule has 2 aromatic rings. The van der Waals surface area contributed by atoms with Crippen LogP contribution in [-0.2, 0) is 19.1 Å². The van der Waals surface area contributed by atoms with Crippen LogP contribution < -0.4 is 20.1 Å². The predicted molar refractivity (Wildman–Crippen MR) is 119 cm³/mol. The molecule has 0 bridgehead atoms. The molecule has 3 rings (SSSR count). The molecule has 34 heavy (non-hydrogen) atoms. The molecule has 2 N–H and O–H groups in total. The van der Waals surface area contributed by atoms with Gasteiger partial charge in [-0.2, -0.15) is 0 Å². The topological polar surface area (TPSA) is 129 Å². The van der Waals surface area contributed by atoms with E-state index in [1.54, 1.807) is 55.5 Å². The third-order valence-corrected chi connectivity index (χ3v) is 4.85. The van der Waals surface area contributed by atoms with E-state index in [-0.39, 0.29) is 24.5 Å². The zero-order valence-corrected chi connectivity index (χ0v) is 18.7. The molecule has 1 unspecified atom stereocenters. The van der Waals surface area contributed by atoms with Crippen molar-refractivity contribution in [2.45, 2.75) is 13.0 Å². The van der Waals surface area contributed by atoms with Gasteiger partial charge in [0.25, 0.3) is 0 Å². The maximum absolute atomic E-state index is 12.7. The molecule has 0 aliphatic carbocycles. The van der Waals surface area contributed by atoms with Crippen LogP contribution in [0.1, 0.15) is 28.9 Å². The molecular weight excluding hydrogens is 444 g/mol. The molecule has 0 fully saturated rings. The van der Waals surface area contributed by atoms with Crippen LogP contribution in [0, 0.1) is 0 Å². The summed E-state index contributed by atoms with van der Waals surface area (Å²) in [6.07, 6.45) is 0.694. The lowest BCUT2D eigenvalue weighted by Gasteiger charge is -2.29. The van der Waals surface area contributed by atoms with Crippen molar-refractivity contribution in [1.82, 2.24) is 10.6 Å². The molecule has 0 spiro atoms. The smallest absolute Gasteiger partial charge is 0.344 e. The van der Waals surface area contributed by atoms with Crippen molar-refractivity contribution in [1.29, 1.82) is 0 Å². The first-order valence-electron chi connectivity index (χ1n) is 10.4. The predicted octanol–water partition coefficient (Wildman–Crippen LogP) is 2.30. The van der Waals surface area contributed by atoms with E-state index < -0.39 is 30.6 Å². The second-order valence-electron chi connectivity index (χ2n) is 7.05. The molecule has 2 amide bonds. The molecule has 178 valence electrons. The molecule has 1 heterocycles. The summed E-state index contributed by atoms with van der Waals surface area (Å²) in [5.41, 5.74) is 1.31. The molecule has 0 saturated heterocycles. The number of hydrogen-bond acceptors (Lipinski definition) is 8.